The second-order valence-electron chi connectivity index (χ2n) is 13.0. The fraction of sp³-hybridized carbons (Fsp3) is 0.452. The molecule has 6 rings (SSSR count). The van der Waals surface area contributed by atoms with Gasteiger partial charge < -0.3 is 14.0 Å². The summed E-state index contributed by atoms with van der Waals surface area (Å²) in [5.41, 5.74) is 3.86. The average Bonchev–Trinajstić information content (AvgIpc) is 3.60. The number of fused-ring (bicyclic) bond motifs is 2. The van der Waals surface area contributed by atoms with Crippen LogP contribution in [-0.4, -0.2) is 61.9 Å². The second-order valence-corrected chi connectivity index (χ2v) is 13.0. The van der Waals surface area contributed by atoms with E-state index in [4.69, 9.17) is 14.0 Å². The lowest BCUT2D eigenvalue weighted by atomic mass is 9.79. The first kappa shape index (κ1) is 28.9. The lowest BCUT2D eigenvalue weighted by Crippen LogP contribution is -2.41. The summed E-state index contributed by atoms with van der Waals surface area (Å²) in [6.45, 7) is 16.7. The zero-order chi connectivity index (χ0) is 29.6. The Balaban J connectivity index is 0.000000169. The van der Waals surface area contributed by atoms with Gasteiger partial charge in [0.25, 0.3) is 0 Å². The third kappa shape index (κ3) is 6.18. The van der Waals surface area contributed by atoms with Crippen molar-refractivity contribution < 1.29 is 18.8 Å². The molecule has 1 atom stereocenters. The third-order valence-corrected chi connectivity index (χ3v) is 7.84. The van der Waals surface area contributed by atoms with Crippen molar-refractivity contribution in [3.05, 3.63) is 60.4 Å². The summed E-state index contributed by atoms with van der Waals surface area (Å²) in [4.78, 5) is 14.4. The fourth-order valence-corrected chi connectivity index (χ4v) is 4.86. The van der Waals surface area contributed by atoms with Crippen LogP contribution < -0.4 is 5.46 Å². The molecule has 10 heteroatoms. The highest BCUT2D eigenvalue weighted by Crippen LogP contribution is 2.36. The Hall–Kier alpha value is -3.63. The Morgan fingerprint density at radius 1 is 0.976 bits per heavy atom. The number of carbonyl (C=O) groups is 1. The lowest BCUT2D eigenvalue weighted by molar-refractivity contribution is 0.00578. The summed E-state index contributed by atoms with van der Waals surface area (Å²) in [5.74, 6) is 0.420. The molecule has 4 heterocycles. The first-order chi connectivity index (χ1) is 19.2. The summed E-state index contributed by atoms with van der Waals surface area (Å²) in [7, 11) is -0.311. The van der Waals surface area contributed by atoms with Crippen molar-refractivity contribution in [2.24, 2.45) is 5.92 Å². The molecule has 0 radical (unpaired) electrons. The highest BCUT2D eigenvalue weighted by atomic mass is 16.7. The average molecular weight is 558 g/mol. The van der Waals surface area contributed by atoms with E-state index in [1.807, 2.05) is 51.2 Å². The van der Waals surface area contributed by atoms with Crippen molar-refractivity contribution in [2.45, 2.75) is 78.6 Å². The highest BCUT2D eigenvalue weighted by molar-refractivity contribution is 6.62. The van der Waals surface area contributed by atoms with Crippen LogP contribution in [0.15, 0.2) is 54.9 Å². The maximum absolute atomic E-state index is 12.6. The normalized spacial score (nSPS) is 20.1. The zero-order valence-corrected chi connectivity index (χ0v) is 25.2. The molecule has 1 unspecified atom stereocenters. The van der Waals surface area contributed by atoms with E-state index >= 15 is 0 Å². The lowest BCUT2D eigenvalue weighted by Gasteiger charge is -2.33. The van der Waals surface area contributed by atoms with Gasteiger partial charge in [0.05, 0.1) is 40.3 Å². The number of hydrogen-bond donors (Lipinski definition) is 2. The smallest absolute Gasteiger partial charge is 0.443 e. The maximum atomic E-state index is 12.6. The second kappa shape index (κ2) is 10.7. The third-order valence-electron chi connectivity index (χ3n) is 7.84. The van der Waals surface area contributed by atoms with Crippen LogP contribution in [0, 0.1) is 5.92 Å². The molecule has 2 aliphatic heterocycles. The minimum atomic E-state index is -0.503. The Labute approximate surface area is 241 Å². The van der Waals surface area contributed by atoms with E-state index in [0.29, 0.717) is 12.5 Å². The van der Waals surface area contributed by atoms with Gasteiger partial charge in [-0.3, -0.25) is 15.1 Å². The van der Waals surface area contributed by atoms with E-state index in [9.17, 15) is 4.79 Å². The van der Waals surface area contributed by atoms with E-state index in [1.54, 1.807) is 11.1 Å². The number of nitrogens with zero attached hydrogens (tertiary/aromatic N) is 3. The largest absolute Gasteiger partial charge is 0.494 e. The number of aromatic amines is 2. The van der Waals surface area contributed by atoms with Gasteiger partial charge in [0.1, 0.15) is 5.60 Å². The molecule has 0 saturated carbocycles. The molecule has 1 fully saturated rings. The molecule has 1 amide bonds. The molecule has 1 saturated heterocycles. The van der Waals surface area contributed by atoms with Crippen molar-refractivity contribution in [3.8, 4) is 0 Å². The zero-order valence-electron chi connectivity index (χ0n) is 25.2. The number of ether oxygens (including phenoxy) is 1. The van der Waals surface area contributed by atoms with Crippen LogP contribution in [0.5, 0.6) is 0 Å². The van der Waals surface area contributed by atoms with Crippen LogP contribution in [-0.2, 0) is 14.0 Å². The van der Waals surface area contributed by atoms with Gasteiger partial charge in [-0.1, -0.05) is 31.2 Å². The van der Waals surface area contributed by atoms with E-state index in [-0.39, 0.29) is 24.4 Å². The Morgan fingerprint density at radius 3 is 2.17 bits per heavy atom. The van der Waals surface area contributed by atoms with Gasteiger partial charge in [-0.25, -0.2) is 4.79 Å². The molecule has 2 aromatic heterocycles. The summed E-state index contributed by atoms with van der Waals surface area (Å²) in [6, 6.07) is 12.1. The van der Waals surface area contributed by atoms with Gasteiger partial charge >= 0.3 is 13.2 Å². The highest BCUT2D eigenvalue weighted by Gasteiger charge is 2.51. The summed E-state index contributed by atoms with van der Waals surface area (Å²) in [6.07, 6.45) is 6.40. The number of aromatic nitrogens is 4. The van der Waals surface area contributed by atoms with Crippen molar-refractivity contribution in [1.82, 2.24) is 25.3 Å². The SMILES string of the molecule is CC1(C)OB(c2ccc3[nH]ncc3c2)OC1(C)C.CC1CC=C(c2ccc3[nH]ncc3c2)N(C(=O)OC(C)(C)C)C1. The predicted octanol–water partition coefficient (Wildman–Crippen LogP) is 6.04. The van der Waals surface area contributed by atoms with Gasteiger partial charge in [-0.15, -0.1) is 0 Å². The summed E-state index contributed by atoms with van der Waals surface area (Å²) >= 11 is 0. The van der Waals surface area contributed by atoms with Crippen LogP contribution in [0.2, 0.25) is 0 Å². The van der Waals surface area contributed by atoms with Gasteiger partial charge in [0.15, 0.2) is 0 Å². The van der Waals surface area contributed by atoms with Gasteiger partial charge in [-0.05, 0) is 90.0 Å². The van der Waals surface area contributed by atoms with Crippen molar-refractivity contribution in [1.29, 1.82) is 0 Å². The Morgan fingerprint density at radius 2 is 1.56 bits per heavy atom. The molecule has 2 aliphatic rings. The molecule has 216 valence electrons. The van der Waals surface area contributed by atoms with Crippen molar-refractivity contribution in [3.63, 3.8) is 0 Å². The van der Waals surface area contributed by atoms with E-state index in [1.165, 1.54) is 0 Å². The van der Waals surface area contributed by atoms with Gasteiger partial charge in [0.2, 0.25) is 0 Å². The molecule has 2 aromatic carbocycles. The quantitative estimate of drug-likeness (QED) is 0.291. The fourth-order valence-electron chi connectivity index (χ4n) is 4.86. The molecule has 4 aromatic rings. The molecule has 0 spiro atoms. The minimum absolute atomic E-state index is 0.289. The van der Waals surface area contributed by atoms with Crippen molar-refractivity contribution in [2.75, 3.05) is 6.54 Å². The van der Waals surface area contributed by atoms with Gasteiger partial charge in [-0.2, -0.15) is 10.2 Å². The van der Waals surface area contributed by atoms with Crippen LogP contribution >= 0.6 is 0 Å². The summed E-state index contributed by atoms with van der Waals surface area (Å²) < 4.78 is 17.6. The molecule has 0 aliphatic carbocycles. The van der Waals surface area contributed by atoms with E-state index in [2.05, 4.69) is 73.2 Å². The van der Waals surface area contributed by atoms with Gasteiger partial charge in [0, 0.05) is 17.3 Å². The predicted molar refractivity (Wildman–Crippen MR) is 163 cm³/mol. The number of hydrogen-bond acceptors (Lipinski definition) is 6. The van der Waals surface area contributed by atoms with E-state index < -0.39 is 5.60 Å². The Bertz CT molecular complexity index is 1570. The Kier molecular flexibility index (Phi) is 7.50. The standard InChI is InChI=1S/C18H23N3O2.C13H17BN2O2/c1-12-5-8-16(21(11-12)17(22)23-18(2,3)4)13-6-7-15-14(9-13)10-19-20-15;1-12(2)13(3,4)18-14(17-12)10-5-6-11-9(7-10)8-15-16-11/h6-10,12H,5,11H2,1-4H3,(H,19,20);5-8H,1-4H3,(H,15,16). The number of rotatable bonds is 2. The molecular formula is C31H40BN5O4. The first-order valence-corrected chi connectivity index (χ1v) is 14.2. The van der Waals surface area contributed by atoms with Crippen LogP contribution in [0.3, 0.4) is 0 Å². The minimum Gasteiger partial charge on any atom is -0.443 e. The van der Waals surface area contributed by atoms with E-state index in [0.717, 1.165) is 44.9 Å². The number of carbonyl (C=O) groups excluding carboxylic acids is 1. The molecular weight excluding hydrogens is 517 g/mol. The number of benzene rings is 2. The van der Waals surface area contributed by atoms with Crippen LogP contribution in [0.1, 0.15) is 67.4 Å². The van der Waals surface area contributed by atoms with Crippen LogP contribution in [0.4, 0.5) is 4.79 Å². The molecule has 9 nitrogen and oxygen atoms in total. The molecule has 2 N–H and O–H groups in total. The number of amides is 1. The first-order valence-electron chi connectivity index (χ1n) is 14.2. The maximum Gasteiger partial charge on any atom is 0.494 e. The molecule has 0 bridgehead atoms. The number of allylic oxidation sites excluding steroid dienone is 1. The van der Waals surface area contributed by atoms with Crippen LogP contribution in [0.25, 0.3) is 27.5 Å². The topological polar surface area (TPSA) is 105 Å². The molecule has 41 heavy (non-hydrogen) atoms. The number of nitrogens with one attached hydrogen (secondary N) is 2. The summed E-state index contributed by atoms with van der Waals surface area (Å²) in [5, 5.41) is 16.1. The number of H-pyrrole nitrogens is 2. The monoisotopic (exact) mass is 557 g/mol. The van der Waals surface area contributed by atoms with Crippen molar-refractivity contribution >= 4 is 46.2 Å².